The fraction of sp³-hybridized carbons (Fsp3) is 0.474. The Bertz CT molecular complexity index is 707. The van der Waals surface area contributed by atoms with Crippen molar-refractivity contribution in [2.45, 2.75) is 25.8 Å². The van der Waals surface area contributed by atoms with Gasteiger partial charge in [0, 0.05) is 18.8 Å². The van der Waals surface area contributed by atoms with Crippen molar-refractivity contribution < 1.29 is 9.53 Å². The van der Waals surface area contributed by atoms with Crippen LogP contribution in [-0.4, -0.2) is 52.9 Å². The first-order valence-corrected chi connectivity index (χ1v) is 8.84. The van der Waals surface area contributed by atoms with Crippen LogP contribution >= 0.6 is 0 Å². The molecule has 0 aliphatic carbocycles. The predicted molar refractivity (Wildman–Crippen MR) is 97.4 cm³/mol. The van der Waals surface area contributed by atoms with E-state index in [1.165, 1.54) is 12.8 Å². The van der Waals surface area contributed by atoms with Gasteiger partial charge in [0.05, 0.1) is 18.8 Å². The molecule has 25 heavy (non-hydrogen) atoms. The van der Waals surface area contributed by atoms with Gasteiger partial charge >= 0.3 is 0 Å². The van der Waals surface area contributed by atoms with Crippen molar-refractivity contribution in [1.82, 2.24) is 20.0 Å². The summed E-state index contributed by atoms with van der Waals surface area (Å²) >= 11 is 0. The summed E-state index contributed by atoms with van der Waals surface area (Å²) in [5.41, 5.74) is 2.12. The zero-order valence-electron chi connectivity index (χ0n) is 14.9. The van der Waals surface area contributed by atoms with Crippen LogP contribution in [0, 0.1) is 0 Å². The van der Waals surface area contributed by atoms with E-state index in [0.717, 1.165) is 30.0 Å². The van der Waals surface area contributed by atoms with Crippen molar-refractivity contribution in [3.05, 3.63) is 36.7 Å². The number of amides is 1. The Hall–Kier alpha value is -2.34. The molecule has 0 unspecified atom stereocenters. The van der Waals surface area contributed by atoms with Crippen LogP contribution < -0.4 is 10.1 Å². The molecule has 1 aromatic heterocycles. The van der Waals surface area contributed by atoms with E-state index >= 15 is 0 Å². The SMILES string of the molecule is C[C@@H](COc1cccc(-c2cnn(C)c2)c1)NC(=O)CN1CCCC1. The highest BCUT2D eigenvalue weighted by Crippen LogP contribution is 2.23. The molecule has 1 atom stereocenters. The lowest BCUT2D eigenvalue weighted by Crippen LogP contribution is -2.42. The molecule has 1 fully saturated rings. The van der Waals surface area contributed by atoms with E-state index in [9.17, 15) is 4.79 Å². The molecule has 0 bridgehead atoms. The van der Waals surface area contributed by atoms with Crippen molar-refractivity contribution in [2.75, 3.05) is 26.2 Å². The van der Waals surface area contributed by atoms with Crippen molar-refractivity contribution in [1.29, 1.82) is 0 Å². The highest BCUT2D eigenvalue weighted by Gasteiger charge is 2.16. The van der Waals surface area contributed by atoms with Gasteiger partial charge in [0.2, 0.25) is 5.91 Å². The van der Waals surface area contributed by atoms with Gasteiger partial charge in [-0.2, -0.15) is 5.10 Å². The first kappa shape index (κ1) is 17.5. The minimum Gasteiger partial charge on any atom is -0.491 e. The van der Waals surface area contributed by atoms with Crippen LogP contribution in [0.4, 0.5) is 0 Å². The molecule has 6 nitrogen and oxygen atoms in total. The number of aryl methyl sites for hydroxylation is 1. The first-order chi connectivity index (χ1) is 12.1. The summed E-state index contributed by atoms with van der Waals surface area (Å²) in [6, 6.07) is 7.89. The number of benzene rings is 1. The quantitative estimate of drug-likeness (QED) is 0.837. The van der Waals surface area contributed by atoms with Crippen molar-refractivity contribution in [2.24, 2.45) is 7.05 Å². The monoisotopic (exact) mass is 342 g/mol. The first-order valence-electron chi connectivity index (χ1n) is 8.84. The normalized spacial score (nSPS) is 15.9. The average Bonchev–Trinajstić information content (AvgIpc) is 3.25. The van der Waals surface area contributed by atoms with E-state index in [0.29, 0.717) is 13.2 Å². The van der Waals surface area contributed by atoms with Gasteiger partial charge in [-0.1, -0.05) is 12.1 Å². The van der Waals surface area contributed by atoms with Gasteiger partial charge in [-0.25, -0.2) is 0 Å². The summed E-state index contributed by atoms with van der Waals surface area (Å²) in [5, 5.41) is 7.20. The number of rotatable bonds is 7. The van der Waals surface area contributed by atoms with Gasteiger partial charge in [-0.05, 0) is 50.6 Å². The molecule has 0 saturated carbocycles. The Labute approximate surface area is 148 Å². The van der Waals surface area contributed by atoms with E-state index < -0.39 is 0 Å². The average molecular weight is 342 g/mol. The zero-order chi connectivity index (χ0) is 17.6. The third-order valence-electron chi connectivity index (χ3n) is 4.35. The van der Waals surface area contributed by atoms with Gasteiger partial charge in [-0.3, -0.25) is 14.4 Å². The van der Waals surface area contributed by atoms with Crippen LogP contribution in [0.2, 0.25) is 0 Å². The molecule has 0 spiro atoms. The maximum atomic E-state index is 12.0. The number of nitrogens with zero attached hydrogens (tertiary/aromatic N) is 3. The second-order valence-electron chi connectivity index (χ2n) is 6.69. The second-order valence-corrected chi connectivity index (χ2v) is 6.69. The summed E-state index contributed by atoms with van der Waals surface area (Å²) in [7, 11) is 1.90. The van der Waals surface area contributed by atoms with Crippen LogP contribution in [0.5, 0.6) is 5.75 Å². The topological polar surface area (TPSA) is 59.4 Å². The van der Waals surface area contributed by atoms with Crippen molar-refractivity contribution >= 4 is 5.91 Å². The number of ether oxygens (including phenoxy) is 1. The van der Waals surface area contributed by atoms with E-state index in [-0.39, 0.29) is 11.9 Å². The van der Waals surface area contributed by atoms with E-state index in [2.05, 4.69) is 15.3 Å². The van der Waals surface area contributed by atoms with E-state index in [1.54, 1.807) is 4.68 Å². The largest absolute Gasteiger partial charge is 0.491 e. The van der Waals surface area contributed by atoms with Crippen molar-refractivity contribution in [3.63, 3.8) is 0 Å². The van der Waals surface area contributed by atoms with Crippen LogP contribution in [-0.2, 0) is 11.8 Å². The molecule has 1 aliphatic heterocycles. The Kier molecular flexibility index (Phi) is 5.71. The summed E-state index contributed by atoms with van der Waals surface area (Å²) in [4.78, 5) is 14.2. The minimum atomic E-state index is -0.0304. The summed E-state index contributed by atoms with van der Waals surface area (Å²) in [6.45, 7) is 4.95. The molecule has 2 heterocycles. The maximum Gasteiger partial charge on any atom is 0.234 e. The van der Waals surface area contributed by atoms with Gasteiger partial charge in [-0.15, -0.1) is 0 Å². The Balaban J connectivity index is 1.48. The lowest BCUT2D eigenvalue weighted by atomic mass is 10.1. The number of likely N-dealkylation sites (tertiary alicyclic amines) is 1. The van der Waals surface area contributed by atoms with E-state index in [4.69, 9.17) is 4.74 Å². The molecule has 1 aliphatic rings. The van der Waals surface area contributed by atoms with Crippen LogP contribution in [0.3, 0.4) is 0 Å². The summed E-state index contributed by atoms with van der Waals surface area (Å²) in [5.74, 6) is 0.865. The Morgan fingerprint density at radius 1 is 1.32 bits per heavy atom. The maximum absolute atomic E-state index is 12.0. The molecule has 3 rings (SSSR count). The lowest BCUT2D eigenvalue weighted by molar-refractivity contribution is -0.122. The standard InChI is InChI=1S/C19H26N4O2/c1-15(21-19(24)13-23-8-3-4-9-23)14-25-18-7-5-6-16(10-18)17-11-20-22(2)12-17/h5-7,10-12,15H,3-4,8-9,13-14H2,1-2H3,(H,21,24)/t15-/m0/s1. The molecule has 2 aromatic rings. The molecule has 0 radical (unpaired) electrons. The number of carbonyl (C=O) groups is 1. The Morgan fingerprint density at radius 3 is 2.84 bits per heavy atom. The number of nitrogens with one attached hydrogen (secondary N) is 1. The predicted octanol–water partition coefficient (Wildman–Crippen LogP) is 2.07. The molecule has 6 heteroatoms. The van der Waals surface area contributed by atoms with Gasteiger partial charge in [0.1, 0.15) is 12.4 Å². The minimum absolute atomic E-state index is 0.0304. The lowest BCUT2D eigenvalue weighted by Gasteiger charge is -2.18. The molecular weight excluding hydrogens is 316 g/mol. The zero-order valence-corrected chi connectivity index (χ0v) is 14.9. The van der Waals surface area contributed by atoms with E-state index in [1.807, 2.05) is 50.6 Å². The highest BCUT2D eigenvalue weighted by atomic mass is 16.5. The fourth-order valence-electron chi connectivity index (χ4n) is 3.06. The third kappa shape index (κ3) is 5.06. The molecular formula is C19H26N4O2. The van der Waals surface area contributed by atoms with Gasteiger partial charge in [0.25, 0.3) is 0 Å². The number of hydrogen-bond acceptors (Lipinski definition) is 4. The molecule has 134 valence electrons. The van der Waals surface area contributed by atoms with Crippen LogP contribution in [0.25, 0.3) is 11.1 Å². The summed E-state index contributed by atoms with van der Waals surface area (Å²) < 4.78 is 7.63. The number of carbonyl (C=O) groups excluding carboxylic acids is 1. The molecule has 1 saturated heterocycles. The summed E-state index contributed by atoms with van der Waals surface area (Å²) in [6.07, 6.45) is 6.19. The molecule has 1 N–H and O–H groups in total. The van der Waals surface area contributed by atoms with Crippen LogP contribution in [0.1, 0.15) is 19.8 Å². The number of aromatic nitrogens is 2. The van der Waals surface area contributed by atoms with Crippen molar-refractivity contribution in [3.8, 4) is 16.9 Å². The third-order valence-corrected chi connectivity index (χ3v) is 4.35. The van der Waals surface area contributed by atoms with Gasteiger partial charge in [0.15, 0.2) is 0 Å². The number of hydrogen-bond donors (Lipinski definition) is 1. The molecule has 1 aromatic carbocycles. The highest BCUT2D eigenvalue weighted by molar-refractivity contribution is 5.78. The van der Waals surface area contributed by atoms with Gasteiger partial charge < -0.3 is 10.1 Å². The molecule has 1 amide bonds. The smallest absolute Gasteiger partial charge is 0.234 e. The van der Waals surface area contributed by atoms with Crippen LogP contribution in [0.15, 0.2) is 36.7 Å². The fourth-order valence-corrected chi connectivity index (χ4v) is 3.06. The second kappa shape index (κ2) is 8.16. The Morgan fingerprint density at radius 2 is 2.12 bits per heavy atom.